The average molecular weight is 447 g/mol. The summed E-state index contributed by atoms with van der Waals surface area (Å²) in [5.74, 6) is 0. The minimum absolute atomic E-state index is 0.318. The van der Waals surface area contributed by atoms with Crippen molar-refractivity contribution >= 4 is 27.9 Å². The van der Waals surface area contributed by atoms with Gasteiger partial charge in [0.15, 0.2) is 0 Å². The van der Waals surface area contributed by atoms with Gasteiger partial charge in [0, 0.05) is 44.5 Å². The highest BCUT2D eigenvalue weighted by molar-refractivity contribution is 5.83. The van der Waals surface area contributed by atoms with E-state index in [1.54, 1.807) is 0 Å². The van der Waals surface area contributed by atoms with Crippen molar-refractivity contribution in [3.05, 3.63) is 59.9 Å². The van der Waals surface area contributed by atoms with E-state index in [0.717, 1.165) is 32.9 Å². The number of hydrogen-bond donors (Lipinski definition) is 1. The summed E-state index contributed by atoms with van der Waals surface area (Å²) in [4.78, 5) is 15.4. The molecule has 5 rings (SSSR count). The predicted octanol–water partition coefficient (Wildman–Crippen LogP) is 3.54. The van der Waals surface area contributed by atoms with E-state index in [-0.39, 0.29) is 6.09 Å². The van der Waals surface area contributed by atoms with E-state index >= 15 is 0 Å². The molecular weight excluding hydrogens is 416 g/mol. The molecule has 0 bridgehead atoms. The summed E-state index contributed by atoms with van der Waals surface area (Å²) in [7, 11) is 3.87. The van der Waals surface area contributed by atoms with E-state index in [9.17, 15) is 4.79 Å². The Morgan fingerprint density at radius 3 is 2.03 bits per heavy atom. The summed E-state index contributed by atoms with van der Waals surface area (Å²) < 4.78 is 9.60. The van der Waals surface area contributed by atoms with Gasteiger partial charge in [-0.15, -0.1) is 0 Å². The van der Waals surface area contributed by atoms with E-state index < -0.39 is 11.1 Å². The highest BCUT2D eigenvalue weighted by atomic mass is 16.6. The van der Waals surface area contributed by atoms with Crippen molar-refractivity contribution in [3.63, 3.8) is 0 Å². The molecule has 1 fully saturated rings. The van der Waals surface area contributed by atoms with Crippen LogP contribution in [0, 0.1) is 0 Å². The number of fused-ring (bicyclic) bond motifs is 2. The molecule has 1 N–H and O–H groups in total. The molecule has 3 heterocycles. The van der Waals surface area contributed by atoms with Crippen LogP contribution in [-0.4, -0.2) is 55.8 Å². The third-order valence-electron chi connectivity index (χ3n) is 6.42. The molecule has 1 aliphatic rings. The standard InChI is InChI=1S/C25H30N6O2/c1-24(2,3)33-23(32)31-11-10-26-16-25(31,19-6-8-21-17(12-19)14-27-29(21)4)20-7-9-22-18(13-20)15-28-30(22)5/h6-9,12-15,26H,10-11,16H2,1-5H3. The molecule has 1 amide bonds. The van der Waals surface area contributed by atoms with Crippen LogP contribution in [0.1, 0.15) is 31.9 Å². The lowest BCUT2D eigenvalue weighted by Crippen LogP contribution is -2.62. The molecule has 8 nitrogen and oxygen atoms in total. The van der Waals surface area contributed by atoms with Gasteiger partial charge >= 0.3 is 6.09 Å². The summed E-state index contributed by atoms with van der Waals surface area (Å²) in [6, 6.07) is 12.6. The van der Waals surface area contributed by atoms with E-state index in [1.807, 2.05) is 61.5 Å². The Morgan fingerprint density at radius 1 is 0.970 bits per heavy atom. The number of ether oxygens (including phenoxy) is 1. The fourth-order valence-corrected chi connectivity index (χ4v) is 4.83. The van der Waals surface area contributed by atoms with Crippen molar-refractivity contribution in [2.75, 3.05) is 19.6 Å². The molecule has 0 radical (unpaired) electrons. The van der Waals surface area contributed by atoms with E-state index in [4.69, 9.17) is 4.74 Å². The summed E-state index contributed by atoms with van der Waals surface area (Å²) >= 11 is 0. The highest BCUT2D eigenvalue weighted by Gasteiger charge is 2.46. The fourth-order valence-electron chi connectivity index (χ4n) is 4.83. The van der Waals surface area contributed by atoms with Gasteiger partial charge in [-0.1, -0.05) is 12.1 Å². The Kier molecular flexibility index (Phi) is 4.93. The number of nitrogens with one attached hydrogen (secondary N) is 1. The molecule has 4 aromatic rings. The molecule has 0 spiro atoms. The second-order valence-corrected chi connectivity index (χ2v) is 9.75. The minimum Gasteiger partial charge on any atom is -0.444 e. The van der Waals surface area contributed by atoms with E-state index in [2.05, 4.69) is 51.9 Å². The summed E-state index contributed by atoms with van der Waals surface area (Å²) in [5.41, 5.74) is 2.80. The van der Waals surface area contributed by atoms with Crippen LogP contribution in [0.4, 0.5) is 4.79 Å². The van der Waals surface area contributed by atoms with Crippen LogP contribution >= 0.6 is 0 Å². The van der Waals surface area contributed by atoms with Gasteiger partial charge in [0.05, 0.1) is 23.4 Å². The molecule has 8 heteroatoms. The van der Waals surface area contributed by atoms with Gasteiger partial charge in [0.1, 0.15) is 11.1 Å². The number of nitrogens with zero attached hydrogens (tertiary/aromatic N) is 5. The lowest BCUT2D eigenvalue weighted by atomic mass is 9.79. The molecule has 1 aliphatic heterocycles. The Balaban J connectivity index is 1.74. The van der Waals surface area contributed by atoms with Crippen LogP contribution in [0.25, 0.3) is 21.8 Å². The molecule has 172 valence electrons. The number of hydrogen-bond acceptors (Lipinski definition) is 5. The van der Waals surface area contributed by atoms with Gasteiger partial charge in [-0.25, -0.2) is 4.79 Å². The Hall–Kier alpha value is -3.39. The highest BCUT2D eigenvalue weighted by Crippen LogP contribution is 2.40. The SMILES string of the molecule is Cn1ncc2cc(C3(c4ccc5c(cnn5C)c4)CNCCN3C(=O)OC(C)(C)C)ccc21. The second kappa shape index (κ2) is 7.59. The first-order chi connectivity index (χ1) is 15.7. The van der Waals surface area contributed by atoms with Gasteiger partial charge in [-0.3, -0.25) is 14.3 Å². The van der Waals surface area contributed by atoms with Crippen molar-refractivity contribution in [3.8, 4) is 0 Å². The maximum Gasteiger partial charge on any atom is 0.411 e. The molecule has 0 unspecified atom stereocenters. The Bertz CT molecular complexity index is 1270. The first-order valence-electron chi connectivity index (χ1n) is 11.2. The zero-order valence-corrected chi connectivity index (χ0v) is 19.8. The van der Waals surface area contributed by atoms with Crippen molar-refractivity contribution in [1.82, 2.24) is 29.8 Å². The minimum atomic E-state index is -0.741. The lowest BCUT2D eigenvalue weighted by molar-refractivity contribution is -0.00316. The largest absolute Gasteiger partial charge is 0.444 e. The number of rotatable bonds is 2. The van der Waals surface area contributed by atoms with Crippen LogP contribution in [0.15, 0.2) is 48.8 Å². The summed E-state index contributed by atoms with van der Waals surface area (Å²) in [5, 5.41) is 14.4. The first-order valence-corrected chi connectivity index (χ1v) is 11.2. The van der Waals surface area contributed by atoms with Crippen LogP contribution in [0.3, 0.4) is 0 Å². The Morgan fingerprint density at radius 2 is 1.52 bits per heavy atom. The maximum atomic E-state index is 13.6. The molecular formula is C25H30N6O2. The normalized spacial score (nSPS) is 16.5. The molecule has 0 saturated carbocycles. The first kappa shape index (κ1) is 21.5. The average Bonchev–Trinajstić information content (AvgIpc) is 3.34. The van der Waals surface area contributed by atoms with Crippen LogP contribution in [0.2, 0.25) is 0 Å². The maximum absolute atomic E-state index is 13.6. The van der Waals surface area contributed by atoms with Crippen molar-refractivity contribution in [1.29, 1.82) is 0 Å². The van der Waals surface area contributed by atoms with Gasteiger partial charge < -0.3 is 10.1 Å². The topological polar surface area (TPSA) is 77.2 Å². The van der Waals surface area contributed by atoms with Gasteiger partial charge in [0.25, 0.3) is 0 Å². The third-order valence-corrected chi connectivity index (χ3v) is 6.42. The smallest absolute Gasteiger partial charge is 0.411 e. The summed E-state index contributed by atoms with van der Waals surface area (Å²) in [6.07, 6.45) is 3.41. The van der Waals surface area contributed by atoms with Crippen molar-refractivity contribution in [2.24, 2.45) is 14.1 Å². The molecule has 0 aliphatic carbocycles. The van der Waals surface area contributed by atoms with E-state index in [0.29, 0.717) is 19.6 Å². The molecule has 2 aromatic carbocycles. The zero-order valence-electron chi connectivity index (χ0n) is 19.8. The number of amides is 1. The molecule has 33 heavy (non-hydrogen) atoms. The fraction of sp³-hybridized carbons (Fsp3) is 0.400. The number of benzene rings is 2. The number of carbonyl (C=O) groups excluding carboxylic acids is 1. The Labute approximate surface area is 193 Å². The molecule has 2 aromatic heterocycles. The number of aromatic nitrogens is 4. The van der Waals surface area contributed by atoms with Gasteiger partial charge in [-0.2, -0.15) is 10.2 Å². The zero-order chi connectivity index (χ0) is 23.4. The number of aryl methyl sites for hydroxylation is 2. The summed E-state index contributed by atoms with van der Waals surface area (Å²) in [6.45, 7) is 7.51. The lowest BCUT2D eigenvalue weighted by Gasteiger charge is -2.48. The third kappa shape index (κ3) is 3.54. The van der Waals surface area contributed by atoms with Crippen molar-refractivity contribution in [2.45, 2.75) is 31.9 Å². The quantitative estimate of drug-likeness (QED) is 0.510. The van der Waals surface area contributed by atoms with Crippen molar-refractivity contribution < 1.29 is 9.53 Å². The second-order valence-electron chi connectivity index (χ2n) is 9.75. The van der Waals surface area contributed by atoms with Gasteiger partial charge in [-0.05, 0) is 56.2 Å². The van der Waals surface area contributed by atoms with Crippen LogP contribution in [0.5, 0.6) is 0 Å². The van der Waals surface area contributed by atoms with Gasteiger partial charge in [0.2, 0.25) is 0 Å². The molecule has 0 atom stereocenters. The number of carbonyl (C=O) groups is 1. The monoisotopic (exact) mass is 446 g/mol. The van der Waals surface area contributed by atoms with E-state index in [1.165, 1.54) is 0 Å². The van der Waals surface area contributed by atoms with Crippen LogP contribution in [-0.2, 0) is 24.4 Å². The number of piperazine rings is 1. The van der Waals surface area contributed by atoms with Crippen LogP contribution < -0.4 is 5.32 Å². The predicted molar refractivity (Wildman–Crippen MR) is 128 cm³/mol. The molecule has 1 saturated heterocycles.